The Morgan fingerprint density at radius 3 is 2.16 bits per heavy atom. The molecule has 0 saturated carbocycles. The van der Waals surface area contributed by atoms with E-state index in [-0.39, 0.29) is 0 Å². The quantitative estimate of drug-likeness (QED) is 0.820. The molecule has 0 heterocycles. The smallest absolute Gasteiger partial charge is 0.101 e. The minimum Gasteiger partial charge on any atom is -0.192 e. The van der Waals surface area contributed by atoms with Crippen molar-refractivity contribution in [3.63, 3.8) is 0 Å². The molecule has 0 aliphatic rings. The van der Waals surface area contributed by atoms with Crippen molar-refractivity contribution < 1.29 is 0 Å². The molecule has 0 N–H and O–H groups in total. The summed E-state index contributed by atoms with van der Waals surface area (Å²) in [4.78, 5) is 0. The number of nitriles is 2. The van der Waals surface area contributed by atoms with Crippen LogP contribution in [0, 0.1) is 22.7 Å². The van der Waals surface area contributed by atoms with Crippen LogP contribution < -0.4 is 0 Å². The Kier molecular flexibility index (Phi) is 3.96. The number of aryl methyl sites for hydroxylation is 1. The van der Waals surface area contributed by atoms with Crippen LogP contribution in [0.25, 0.3) is 11.1 Å². The molecule has 0 bridgehead atoms. The van der Waals surface area contributed by atoms with Crippen LogP contribution in [-0.4, -0.2) is 0 Å². The summed E-state index contributed by atoms with van der Waals surface area (Å²) in [6.07, 6.45) is 1.79. The van der Waals surface area contributed by atoms with Crippen LogP contribution in [0.15, 0.2) is 42.5 Å². The van der Waals surface area contributed by atoms with Crippen LogP contribution in [0.4, 0.5) is 0 Å². The van der Waals surface area contributed by atoms with Crippen LogP contribution in [0.5, 0.6) is 0 Å². The van der Waals surface area contributed by atoms with Crippen molar-refractivity contribution in [2.45, 2.75) is 19.8 Å². The van der Waals surface area contributed by atoms with Crippen LogP contribution in [0.1, 0.15) is 30.0 Å². The topological polar surface area (TPSA) is 47.6 Å². The summed E-state index contributed by atoms with van der Waals surface area (Å²) >= 11 is 0. The summed E-state index contributed by atoms with van der Waals surface area (Å²) in [6, 6.07) is 18.0. The van der Waals surface area contributed by atoms with Crippen LogP contribution in [0.3, 0.4) is 0 Å². The highest BCUT2D eigenvalue weighted by Gasteiger charge is 2.13. The summed E-state index contributed by atoms with van der Waals surface area (Å²) in [5, 5.41) is 18.7. The van der Waals surface area contributed by atoms with Crippen LogP contribution in [-0.2, 0) is 6.42 Å². The third kappa shape index (κ3) is 2.49. The maximum Gasteiger partial charge on any atom is 0.101 e. The molecule has 0 atom stereocenters. The van der Waals surface area contributed by atoms with E-state index in [1.54, 1.807) is 0 Å². The van der Waals surface area contributed by atoms with E-state index in [9.17, 15) is 10.5 Å². The molecule has 92 valence electrons. The lowest BCUT2D eigenvalue weighted by Crippen LogP contribution is -1.96. The van der Waals surface area contributed by atoms with Crippen molar-refractivity contribution in [3.8, 4) is 23.3 Å². The molecule has 0 amide bonds. The number of hydrogen-bond acceptors (Lipinski definition) is 2. The van der Waals surface area contributed by atoms with Crippen molar-refractivity contribution >= 4 is 0 Å². The van der Waals surface area contributed by atoms with Gasteiger partial charge in [-0.1, -0.05) is 55.8 Å². The zero-order valence-electron chi connectivity index (χ0n) is 10.9. The average molecular weight is 246 g/mol. The molecule has 0 fully saturated rings. The lowest BCUT2D eigenvalue weighted by molar-refractivity contribution is 0.917. The highest BCUT2D eigenvalue weighted by Crippen LogP contribution is 2.28. The molecule has 0 aliphatic carbocycles. The van der Waals surface area contributed by atoms with Crippen LogP contribution in [0.2, 0.25) is 0 Å². The van der Waals surface area contributed by atoms with Crippen molar-refractivity contribution in [3.05, 3.63) is 59.2 Å². The standard InChI is InChI=1S/C17H14N2/c1-2-6-13-9-10-15(14-7-4-3-5-8-14)17(12-19)16(13)11-18/h3-5,7-10H,2,6H2,1H3. The van der Waals surface area contributed by atoms with Gasteiger partial charge in [0.25, 0.3) is 0 Å². The number of rotatable bonds is 3. The highest BCUT2D eigenvalue weighted by molar-refractivity contribution is 5.74. The Hall–Kier alpha value is -2.58. The molecule has 0 aliphatic heterocycles. The summed E-state index contributed by atoms with van der Waals surface area (Å²) in [6.45, 7) is 2.07. The lowest BCUT2D eigenvalue weighted by Gasteiger charge is -2.09. The molecule has 0 spiro atoms. The van der Waals surface area contributed by atoms with E-state index in [0.717, 1.165) is 29.5 Å². The minimum atomic E-state index is 0.486. The normalized spacial score (nSPS) is 9.63. The SMILES string of the molecule is CCCc1ccc(-c2ccccc2)c(C#N)c1C#N. The summed E-state index contributed by atoms with van der Waals surface area (Å²) in [7, 11) is 0. The summed E-state index contributed by atoms with van der Waals surface area (Å²) in [5.41, 5.74) is 3.77. The number of nitrogens with zero attached hydrogens (tertiary/aromatic N) is 2. The van der Waals surface area contributed by atoms with Gasteiger partial charge in [-0.15, -0.1) is 0 Å². The van der Waals surface area contributed by atoms with Crippen molar-refractivity contribution in [2.24, 2.45) is 0 Å². The van der Waals surface area contributed by atoms with Gasteiger partial charge in [0, 0.05) is 5.56 Å². The molecule has 2 nitrogen and oxygen atoms in total. The van der Waals surface area contributed by atoms with Gasteiger partial charge in [-0.25, -0.2) is 0 Å². The maximum atomic E-state index is 9.38. The Labute approximate surface area is 113 Å². The minimum absolute atomic E-state index is 0.486. The molecule has 2 aromatic carbocycles. The van der Waals surface area contributed by atoms with Gasteiger partial charge in [0.15, 0.2) is 0 Å². The predicted octanol–water partition coefficient (Wildman–Crippen LogP) is 4.05. The highest BCUT2D eigenvalue weighted by atomic mass is 14.3. The van der Waals surface area contributed by atoms with Gasteiger partial charge in [0.2, 0.25) is 0 Å². The molecule has 2 rings (SSSR count). The third-order valence-corrected chi connectivity index (χ3v) is 3.12. The first kappa shape index (κ1) is 12.9. The van der Waals surface area contributed by atoms with Gasteiger partial charge in [0.05, 0.1) is 11.1 Å². The first-order chi connectivity index (χ1) is 9.31. The molecule has 2 heteroatoms. The van der Waals surface area contributed by atoms with Gasteiger partial charge in [0.1, 0.15) is 12.1 Å². The molecule has 0 saturated heterocycles. The summed E-state index contributed by atoms with van der Waals surface area (Å²) < 4.78 is 0. The van der Waals surface area contributed by atoms with E-state index in [1.165, 1.54) is 0 Å². The molecular weight excluding hydrogens is 232 g/mol. The first-order valence-electron chi connectivity index (χ1n) is 6.33. The van der Waals surface area contributed by atoms with Crippen molar-refractivity contribution in [2.75, 3.05) is 0 Å². The molecule has 2 aromatic rings. The lowest BCUT2D eigenvalue weighted by atomic mass is 9.91. The fraction of sp³-hybridized carbons (Fsp3) is 0.176. The fourth-order valence-corrected chi connectivity index (χ4v) is 2.23. The second-order valence-corrected chi connectivity index (χ2v) is 4.36. The second kappa shape index (κ2) is 5.85. The first-order valence-corrected chi connectivity index (χ1v) is 6.33. The average Bonchev–Trinajstić information content (AvgIpc) is 2.47. The number of benzene rings is 2. The van der Waals surface area contributed by atoms with E-state index in [0.29, 0.717) is 11.1 Å². The molecule has 0 unspecified atom stereocenters. The largest absolute Gasteiger partial charge is 0.192 e. The Morgan fingerprint density at radius 2 is 1.58 bits per heavy atom. The van der Waals surface area contributed by atoms with Gasteiger partial charge >= 0.3 is 0 Å². The third-order valence-electron chi connectivity index (χ3n) is 3.12. The Bertz CT molecular complexity index is 658. The van der Waals surface area contributed by atoms with Gasteiger partial charge in [-0.3, -0.25) is 0 Å². The molecular formula is C17H14N2. The van der Waals surface area contributed by atoms with E-state index in [2.05, 4.69) is 19.1 Å². The number of hydrogen-bond donors (Lipinski definition) is 0. The van der Waals surface area contributed by atoms with E-state index >= 15 is 0 Å². The van der Waals surface area contributed by atoms with Gasteiger partial charge < -0.3 is 0 Å². The zero-order valence-corrected chi connectivity index (χ0v) is 10.9. The second-order valence-electron chi connectivity index (χ2n) is 4.36. The molecule has 19 heavy (non-hydrogen) atoms. The zero-order chi connectivity index (χ0) is 13.7. The van der Waals surface area contributed by atoms with Crippen molar-refractivity contribution in [1.82, 2.24) is 0 Å². The van der Waals surface area contributed by atoms with E-state index in [4.69, 9.17) is 0 Å². The van der Waals surface area contributed by atoms with E-state index < -0.39 is 0 Å². The monoisotopic (exact) mass is 246 g/mol. The van der Waals surface area contributed by atoms with Gasteiger partial charge in [-0.2, -0.15) is 10.5 Å². The van der Waals surface area contributed by atoms with Crippen molar-refractivity contribution in [1.29, 1.82) is 10.5 Å². The molecule has 0 radical (unpaired) electrons. The fourth-order valence-electron chi connectivity index (χ4n) is 2.23. The summed E-state index contributed by atoms with van der Waals surface area (Å²) in [5.74, 6) is 0. The predicted molar refractivity (Wildman–Crippen MR) is 75.3 cm³/mol. The Balaban J connectivity index is 2.66. The van der Waals surface area contributed by atoms with Gasteiger partial charge in [-0.05, 0) is 17.5 Å². The van der Waals surface area contributed by atoms with E-state index in [1.807, 2.05) is 42.5 Å². The maximum absolute atomic E-state index is 9.38. The molecule has 0 aromatic heterocycles. The van der Waals surface area contributed by atoms with Crippen LogP contribution >= 0.6 is 0 Å². The Morgan fingerprint density at radius 1 is 0.895 bits per heavy atom.